The lowest BCUT2D eigenvalue weighted by atomic mass is 10.3. The van der Waals surface area contributed by atoms with E-state index in [0.717, 1.165) is 15.2 Å². The van der Waals surface area contributed by atoms with Gasteiger partial charge >= 0.3 is 0 Å². The van der Waals surface area contributed by atoms with E-state index in [9.17, 15) is 4.79 Å². The molecule has 1 aromatic carbocycles. The summed E-state index contributed by atoms with van der Waals surface area (Å²) in [4.78, 5) is 15.5. The summed E-state index contributed by atoms with van der Waals surface area (Å²) in [5, 5.41) is 3.45. The van der Waals surface area contributed by atoms with Gasteiger partial charge in [-0.25, -0.2) is 4.98 Å². The van der Waals surface area contributed by atoms with Gasteiger partial charge in [0.2, 0.25) is 5.91 Å². The number of thiazole rings is 1. The largest absolute Gasteiger partial charge is 0.359 e. The Morgan fingerprint density at radius 3 is 3.00 bits per heavy atom. The predicted octanol–water partition coefficient (Wildman–Crippen LogP) is 1.58. The third-order valence-electron chi connectivity index (χ3n) is 1.93. The maximum Gasteiger partial charge on any atom is 0.226 e. The summed E-state index contributed by atoms with van der Waals surface area (Å²) < 4.78 is 1.13. The average Bonchev–Trinajstić information content (AvgIpc) is 2.59. The molecule has 2 rings (SSSR count). The van der Waals surface area contributed by atoms with E-state index in [0.29, 0.717) is 6.42 Å². The number of benzene rings is 1. The van der Waals surface area contributed by atoms with Gasteiger partial charge in [-0.05, 0) is 12.1 Å². The van der Waals surface area contributed by atoms with E-state index in [1.165, 1.54) is 0 Å². The van der Waals surface area contributed by atoms with Gasteiger partial charge in [-0.1, -0.05) is 12.1 Å². The molecule has 72 valence electrons. The molecule has 4 heteroatoms. The molecule has 0 saturated heterocycles. The molecule has 0 bridgehead atoms. The summed E-state index contributed by atoms with van der Waals surface area (Å²) in [5.74, 6) is 0.00376. The SMILES string of the molecule is CNC(=O)Cc1nc2ccccc2s1. The Hall–Kier alpha value is -1.42. The fourth-order valence-electron chi connectivity index (χ4n) is 1.22. The summed E-state index contributed by atoms with van der Waals surface area (Å²) in [6, 6.07) is 7.90. The minimum atomic E-state index is 0.00376. The van der Waals surface area contributed by atoms with Gasteiger partial charge in [0.15, 0.2) is 0 Å². The molecule has 0 spiro atoms. The van der Waals surface area contributed by atoms with Gasteiger partial charge in [0.25, 0.3) is 0 Å². The quantitative estimate of drug-likeness (QED) is 0.810. The summed E-state index contributed by atoms with van der Waals surface area (Å²) in [7, 11) is 1.63. The zero-order chi connectivity index (χ0) is 9.97. The number of hydrogen-bond acceptors (Lipinski definition) is 3. The number of likely N-dealkylation sites (N-methyl/N-ethyl adjacent to an activating group) is 1. The second kappa shape index (κ2) is 3.75. The predicted molar refractivity (Wildman–Crippen MR) is 57.4 cm³/mol. The van der Waals surface area contributed by atoms with Crippen LogP contribution in [0.15, 0.2) is 24.3 Å². The Bertz CT molecular complexity index is 431. The lowest BCUT2D eigenvalue weighted by molar-refractivity contribution is -0.119. The molecule has 1 amide bonds. The Morgan fingerprint density at radius 2 is 2.29 bits per heavy atom. The number of hydrogen-bond donors (Lipinski definition) is 1. The van der Waals surface area contributed by atoms with E-state index < -0.39 is 0 Å². The molecule has 0 fully saturated rings. The van der Waals surface area contributed by atoms with Crippen molar-refractivity contribution < 1.29 is 4.79 Å². The summed E-state index contributed by atoms with van der Waals surface area (Å²) in [6.45, 7) is 0. The fourth-order valence-corrected chi connectivity index (χ4v) is 2.19. The first-order valence-electron chi connectivity index (χ1n) is 4.34. The number of rotatable bonds is 2. The molecule has 0 saturated carbocycles. The smallest absolute Gasteiger partial charge is 0.226 e. The van der Waals surface area contributed by atoms with Crippen LogP contribution in [0, 0.1) is 0 Å². The molecule has 2 aromatic rings. The van der Waals surface area contributed by atoms with Gasteiger partial charge in [-0.15, -0.1) is 11.3 Å². The number of nitrogens with one attached hydrogen (secondary N) is 1. The molecule has 0 atom stereocenters. The Kier molecular flexibility index (Phi) is 2.45. The number of amides is 1. The standard InChI is InChI=1S/C10H10N2OS/c1-11-9(13)6-10-12-7-4-2-3-5-8(7)14-10/h2-5H,6H2,1H3,(H,11,13). The number of carbonyl (C=O) groups is 1. The van der Waals surface area contributed by atoms with Crippen molar-refractivity contribution >= 4 is 27.5 Å². The molecule has 0 aliphatic heterocycles. The zero-order valence-corrected chi connectivity index (χ0v) is 8.60. The molecule has 0 aliphatic rings. The highest BCUT2D eigenvalue weighted by atomic mass is 32.1. The van der Waals surface area contributed by atoms with Gasteiger partial charge in [-0.2, -0.15) is 0 Å². The second-order valence-electron chi connectivity index (χ2n) is 2.93. The molecule has 0 radical (unpaired) electrons. The van der Waals surface area contributed by atoms with Gasteiger partial charge < -0.3 is 5.32 Å². The highest BCUT2D eigenvalue weighted by Crippen LogP contribution is 2.21. The van der Waals surface area contributed by atoms with Gasteiger partial charge in [-0.3, -0.25) is 4.79 Å². The third-order valence-corrected chi connectivity index (χ3v) is 2.97. The molecule has 3 nitrogen and oxygen atoms in total. The first-order chi connectivity index (χ1) is 6.79. The molecule has 0 unspecified atom stereocenters. The van der Waals surface area contributed by atoms with E-state index in [-0.39, 0.29) is 5.91 Å². The summed E-state index contributed by atoms with van der Waals surface area (Å²) in [6.07, 6.45) is 0.371. The van der Waals surface area contributed by atoms with Crippen molar-refractivity contribution in [2.24, 2.45) is 0 Å². The highest BCUT2D eigenvalue weighted by Gasteiger charge is 2.06. The van der Waals surface area contributed by atoms with Crippen LogP contribution in [0.4, 0.5) is 0 Å². The molecular formula is C10H10N2OS. The third kappa shape index (κ3) is 1.75. The number of aromatic nitrogens is 1. The van der Waals surface area contributed by atoms with Crippen LogP contribution in [0.3, 0.4) is 0 Å². The van der Waals surface area contributed by atoms with Crippen LogP contribution >= 0.6 is 11.3 Å². The number of fused-ring (bicyclic) bond motifs is 1. The molecule has 0 aliphatic carbocycles. The van der Waals surface area contributed by atoms with Crippen molar-refractivity contribution in [1.82, 2.24) is 10.3 Å². The van der Waals surface area contributed by atoms with Crippen LogP contribution in [0.25, 0.3) is 10.2 Å². The minimum absolute atomic E-state index is 0.00376. The van der Waals surface area contributed by atoms with E-state index in [1.54, 1.807) is 18.4 Å². The van der Waals surface area contributed by atoms with Crippen molar-refractivity contribution in [1.29, 1.82) is 0 Å². The Labute approximate surface area is 85.8 Å². The molecule has 1 N–H and O–H groups in total. The average molecular weight is 206 g/mol. The minimum Gasteiger partial charge on any atom is -0.359 e. The van der Waals surface area contributed by atoms with Crippen LogP contribution in [0.2, 0.25) is 0 Å². The molecule has 14 heavy (non-hydrogen) atoms. The van der Waals surface area contributed by atoms with Crippen LogP contribution in [0.1, 0.15) is 5.01 Å². The number of carbonyl (C=O) groups excluding carboxylic acids is 1. The fraction of sp³-hybridized carbons (Fsp3) is 0.200. The summed E-state index contributed by atoms with van der Waals surface area (Å²) >= 11 is 1.57. The van der Waals surface area contributed by atoms with Crippen LogP contribution in [-0.2, 0) is 11.2 Å². The Morgan fingerprint density at radius 1 is 1.50 bits per heavy atom. The molecular weight excluding hydrogens is 196 g/mol. The first kappa shape index (κ1) is 9.15. The van der Waals surface area contributed by atoms with E-state index in [4.69, 9.17) is 0 Å². The second-order valence-corrected chi connectivity index (χ2v) is 4.04. The van der Waals surface area contributed by atoms with E-state index in [2.05, 4.69) is 10.3 Å². The van der Waals surface area contributed by atoms with Crippen LogP contribution in [0.5, 0.6) is 0 Å². The lowest BCUT2D eigenvalue weighted by Gasteiger charge is -1.93. The van der Waals surface area contributed by atoms with E-state index in [1.807, 2.05) is 24.3 Å². The van der Waals surface area contributed by atoms with Gasteiger partial charge in [0.1, 0.15) is 5.01 Å². The number of nitrogens with zero attached hydrogens (tertiary/aromatic N) is 1. The lowest BCUT2D eigenvalue weighted by Crippen LogP contribution is -2.19. The maximum atomic E-state index is 11.1. The van der Waals surface area contributed by atoms with Crippen LogP contribution < -0.4 is 5.32 Å². The van der Waals surface area contributed by atoms with Crippen molar-refractivity contribution in [3.63, 3.8) is 0 Å². The van der Waals surface area contributed by atoms with Crippen molar-refractivity contribution in [2.75, 3.05) is 7.05 Å². The monoisotopic (exact) mass is 206 g/mol. The highest BCUT2D eigenvalue weighted by molar-refractivity contribution is 7.18. The van der Waals surface area contributed by atoms with Gasteiger partial charge in [0, 0.05) is 7.05 Å². The van der Waals surface area contributed by atoms with Crippen molar-refractivity contribution in [3.8, 4) is 0 Å². The zero-order valence-electron chi connectivity index (χ0n) is 7.78. The van der Waals surface area contributed by atoms with Crippen molar-refractivity contribution in [2.45, 2.75) is 6.42 Å². The first-order valence-corrected chi connectivity index (χ1v) is 5.16. The van der Waals surface area contributed by atoms with Crippen molar-refractivity contribution in [3.05, 3.63) is 29.3 Å². The normalized spacial score (nSPS) is 10.4. The van der Waals surface area contributed by atoms with E-state index >= 15 is 0 Å². The molecule has 1 aromatic heterocycles. The molecule has 1 heterocycles. The van der Waals surface area contributed by atoms with Crippen LogP contribution in [-0.4, -0.2) is 17.9 Å². The maximum absolute atomic E-state index is 11.1. The number of para-hydroxylation sites is 1. The Balaban J connectivity index is 2.31. The topological polar surface area (TPSA) is 42.0 Å². The van der Waals surface area contributed by atoms with Gasteiger partial charge in [0.05, 0.1) is 16.6 Å². The summed E-state index contributed by atoms with van der Waals surface area (Å²) in [5.41, 5.74) is 0.969.